The number of benzene rings is 2. The van der Waals surface area contributed by atoms with Crippen molar-refractivity contribution in [3.05, 3.63) is 64.3 Å². The van der Waals surface area contributed by atoms with Gasteiger partial charge in [0.1, 0.15) is 5.52 Å². The largest absolute Gasteiger partial charge is 0.355 e. The molecule has 0 bridgehead atoms. The molecule has 0 aliphatic carbocycles. The fourth-order valence-corrected chi connectivity index (χ4v) is 3.56. The number of thiazole rings is 1. The minimum atomic E-state index is -0.410. The number of fused-ring (bicyclic) bond motifs is 1. The molecule has 25 heavy (non-hydrogen) atoms. The SMILES string of the molecule is O=C(Nc1nc2c(Cl)c(Cl)ccc2s1)c1cc(-c2ccccc2)on1. The number of carbonyl (C=O) groups is 1. The second-order valence-electron chi connectivity index (χ2n) is 5.12. The minimum Gasteiger partial charge on any atom is -0.355 e. The van der Waals surface area contributed by atoms with Gasteiger partial charge < -0.3 is 4.52 Å². The Morgan fingerprint density at radius 2 is 1.92 bits per heavy atom. The van der Waals surface area contributed by atoms with Crippen LogP contribution in [0.2, 0.25) is 10.0 Å². The maximum absolute atomic E-state index is 12.4. The molecule has 1 amide bonds. The van der Waals surface area contributed by atoms with E-state index in [0.717, 1.165) is 10.3 Å². The topological polar surface area (TPSA) is 68.0 Å². The first-order valence-corrected chi connectivity index (χ1v) is 8.77. The van der Waals surface area contributed by atoms with Crippen molar-refractivity contribution in [1.82, 2.24) is 10.1 Å². The molecule has 0 radical (unpaired) electrons. The van der Waals surface area contributed by atoms with Crippen LogP contribution in [-0.4, -0.2) is 16.0 Å². The summed E-state index contributed by atoms with van der Waals surface area (Å²) in [6.45, 7) is 0. The van der Waals surface area contributed by atoms with E-state index in [1.165, 1.54) is 11.3 Å². The zero-order valence-corrected chi connectivity index (χ0v) is 14.8. The second kappa shape index (κ2) is 6.48. The molecule has 2 aromatic heterocycles. The van der Waals surface area contributed by atoms with Crippen LogP contribution in [0.1, 0.15) is 10.5 Å². The zero-order valence-electron chi connectivity index (χ0n) is 12.5. The molecule has 2 aromatic carbocycles. The first-order valence-electron chi connectivity index (χ1n) is 7.20. The maximum Gasteiger partial charge on any atom is 0.279 e. The third kappa shape index (κ3) is 3.11. The lowest BCUT2D eigenvalue weighted by Gasteiger charge is -1.96. The molecule has 1 N–H and O–H groups in total. The molecule has 0 saturated carbocycles. The molecule has 5 nitrogen and oxygen atoms in total. The van der Waals surface area contributed by atoms with Gasteiger partial charge in [0.25, 0.3) is 5.91 Å². The number of aromatic nitrogens is 2. The molecule has 0 atom stereocenters. The van der Waals surface area contributed by atoms with Crippen molar-refractivity contribution in [2.45, 2.75) is 0 Å². The van der Waals surface area contributed by atoms with Gasteiger partial charge in [-0.1, -0.05) is 70.0 Å². The van der Waals surface area contributed by atoms with Crippen molar-refractivity contribution in [2.24, 2.45) is 0 Å². The monoisotopic (exact) mass is 389 g/mol. The number of nitrogens with zero attached hydrogens (tertiary/aromatic N) is 2. The van der Waals surface area contributed by atoms with Gasteiger partial charge in [0.05, 0.1) is 14.7 Å². The lowest BCUT2D eigenvalue weighted by Crippen LogP contribution is -2.11. The number of carbonyl (C=O) groups excluding carboxylic acids is 1. The summed E-state index contributed by atoms with van der Waals surface area (Å²) >= 11 is 13.4. The normalized spacial score (nSPS) is 11.0. The van der Waals surface area contributed by atoms with Crippen molar-refractivity contribution in [3.8, 4) is 11.3 Å². The van der Waals surface area contributed by atoms with Gasteiger partial charge in [-0.15, -0.1) is 0 Å². The highest BCUT2D eigenvalue weighted by atomic mass is 35.5. The van der Waals surface area contributed by atoms with Gasteiger partial charge in [-0.05, 0) is 12.1 Å². The summed E-state index contributed by atoms with van der Waals surface area (Å²) in [5.74, 6) is 0.108. The van der Waals surface area contributed by atoms with Crippen molar-refractivity contribution in [1.29, 1.82) is 0 Å². The summed E-state index contributed by atoms with van der Waals surface area (Å²) in [7, 11) is 0. The Labute approximate surface area is 156 Å². The number of hydrogen-bond acceptors (Lipinski definition) is 5. The van der Waals surface area contributed by atoms with E-state index in [-0.39, 0.29) is 5.69 Å². The van der Waals surface area contributed by atoms with Gasteiger partial charge in [0.15, 0.2) is 16.6 Å². The van der Waals surface area contributed by atoms with Crippen LogP contribution in [0.5, 0.6) is 0 Å². The van der Waals surface area contributed by atoms with Crippen molar-refractivity contribution < 1.29 is 9.32 Å². The van der Waals surface area contributed by atoms with E-state index < -0.39 is 5.91 Å². The van der Waals surface area contributed by atoms with Crippen LogP contribution in [0.25, 0.3) is 21.5 Å². The van der Waals surface area contributed by atoms with Crippen LogP contribution in [0.4, 0.5) is 5.13 Å². The fourth-order valence-electron chi connectivity index (χ4n) is 2.27. The summed E-state index contributed by atoms with van der Waals surface area (Å²) in [6, 6.07) is 14.5. The van der Waals surface area contributed by atoms with E-state index in [4.69, 9.17) is 27.7 Å². The lowest BCUT2D eigenvalue weighted by molar-refractivity contribution is 0.101. The zero-order chi connectivity index (χ0) is 17.4. The number of halogens is 2. The minimum absolute atomic E-state index is 0.169. The smallest absolute Gasteiger partial charge is 0.279 e. The van der Waals surface area contributed by atoms with E-state index in [1.54, 1.807) is 18.2 Å². The Bertz CT molecular complexity index is 1080. The summed E-state index contributed by atoms with van der Waals surface area (Å²) in [6.07, 6.45) is 0. The van der Waals surface area contributed by atoms with E-state index in [1.807, 2.05) is 30.3 Å². The molecule has 0 aliphatic heterocycles. The quantitative estimate of drug-likeness (QED) is 0.501. The predicted molar refractivity (Wildman–Crippen MR) is 99.5 cm³/mol. The molecule has 8 heteroatoms. The van der Waals surface area contributed by atoms with Gasteiger partial charge in [-0.25, -0.2) is 4.98 Å². The molecule has 0 saturated heterocycles. The average molecular weight is 390 g/mol. The average Bonchev–Trinajstić information content (AvgIpc) is 3.26. The van der Waals surface area contributed by atoms with Gasteiger partial charge in [0.2, 0.25) is 0 Å². The Morgan fingerprint density at radius 3 is 2.72 bits per heavy atom. The standard InChI is InChI=1S/C17H9Cl2N3O2S/c18-10-6-7-13-15(14(10)19)20-17(25-13)21-16(23)11-8-12(24-22-11)9-4-2-1-3-5-9/h1-8H,(H,20,21,23). The second-order valence-corrected chi connectivity index (χ2v) is 6.94. The van der Waals surface area contributed by atoms with Gasteiger partial charge in [-0.3, -0.25) is 10.1 Å². The molecule has 0 fully saturated rings. The number of amides is 1. The van der Waals surface area contributed by atoms with Crippen molar-refractivity contribution >= 4 is 55.8 Å². The van der Waals surface area contributed by atoms with E-state index in [2.05, 4.69) is 15.5 Å². The van der Waals surface area contributed by atoms with E-state index >= 15 is 0 Å². The third-order valence-corrected chi connectivity index (χ3v) is 5.20. The Kier molecular flexibility index (Phi) is 4.17. The van der Waals surface area contributed by atoms with Gasteiger partial charge in [-0.2, -0.15) is 0 Å². The van der Waals surface area contributed by atoms with Crippen LogP contribution in [0.15, 0.2) is 53.1 Å². The van der Waals surface area contributed by atoms with Crippen molar-refractivity contribution in [3.63, 3.8) is 0 Å². The molecule has 0 spiro atoms. The number of rotatable bonds is 3. The first kappa shape index (κ1) is 16.1. The highest BCUT2D eigenvalue weighted by molar-refractivity contribution is 7.22. The Balaban J connectivity index is 1.58. The molecule has 0 unspecified atom stereocenters. The predicted octanol–water partition coefficient (Wildman–Crippen LogP) is 5.51. The summed E-state index contributed by atoms with van der Waals surface area (Å²) < 4.78 is 6.07. The maximum atomic E-state index is 12.4. The lowest BCUT2D eigenvalue weighted by atomic mass is 10.1. The number of anilines is 1. The van der Waals surface area contributed by atoms with Crippen molar-refractivity contribution in [2.75, 3.05) is 5.32 Å². The molecule has 4 rings (SSSR count). The highest BCUT2D eigenvalue weighted by Crippen LogP contribution is 2.35. The molecule has 2 heterocycles. The Morgan fingerprint density at radius 1 is 1.12 bits per heavy atom. The molecular weight excluding hydrogens is 381 g/mol. The summed E-state index contributed by atoms with van der Waals surface area (Å²) in [5.41, 5.74) is 1.57. The number of hydrogen-bond donors (Lipinski definition) is 1. The molecule has 4 aromatic rings. The molecule has 0 aliphatic rings. The third-order valence-electron chi connectivity index (χ3n) is 3.47. The van der Waals surface area contributed by atoms with Crippen LogP contribution >= 0.6 is 34.5 Å². The summed E-state index contributed by atoms with van der Waals surface area (Å²) in [4.78, 5) is 16.7. The Hall–Kier alpha value is -2.41. The van der Waals surface area contributed by atoms with Crippen LogP contribution in [0, 0.1) is 0 Å². The molecular formula is C17H9Cl2N3O2S. The van der Waals surface area contributed by atoms with Crippen LogP contribution < -0.4 is 5.32 Å². The first-order chi connectivity index (χ1) is 12.1. The van der Waals surface area contributed by atoms with Crippen LogP contribution in [0.3, 0.4) is 0 Å². The van der Waals surface area contributed by atoms with Crippen LogP contribution in [-0.2, 0) is 0 Å². The highest BCUT2D eigenvalue weighted by Gasteiger charge is 2.17. The molecule has 124 valence electrons. The van der Waals surface area contributed by atoms with E-state index in [0.29, 0.717) is 26.5 Å². The number of nitrogens with one attached hydrogen (secondary N) is 1. The van der Waals surface area contributed by atoms with E-state index in [9.17, 15) is 4.79 Å². The fraction of sp³-hybridized carbons (Fsp3) is 0. The summed E-state index contributed by atoms with van der Waals surface area (Å²) in [5, 5.41) is 7.71. The van der Waals surface area contributed by atoms with Gasteiger partial charge in [0, 0.05) is 11.6 Å². The van der Waals surface area contributed by atoms with Gasteiger partial charge >= 0.3 is 0 Å².